The molecule has 20 heavy (non-hydrogen) atoms. The van der Waals surface area contributed by atoms with Gasteiger partial charge in [-0.2, -0.15) is 0 Å². The lowest BCUT2D eigenvalue weighted by Crippen LogP contribution is -2.34. The number of fused-ring (bicyclic) bond motifs is 1. The van der Waals surface area contributed by atoms with Gasteiger partial charge in [-0.15, -0.1) is 0 Å². The van der Waals surface area contributed by atoms with Crippen LogP contribution in [0.2, 0.25) is 0 Å². The molecule has 2 aromatic carbocycles. The van der Waals surface area contributed by atoms with Gasteiger partial charge in [-0.05, 0) is 30.5 Å². The van der Waals surface area contributed by atoms with Crippen molar-refractivity contribution >= 4 is 27.4 Å². The van der Waals surface area contributed by atoms with Crippen molar-refractivity contribution in [3.63, 3.8) is 0 Å². The number of nitrogens with zero attached hydrogens (tertiary/aromatic N) is 1. The number of anilines is 1. The number of ketones is 1. The second-order valence-electron chi connectivity index (χ2n) is 5.06. The molecule has 0 spiro atoms. The first-order chi connectivity index (χ1) is 9.75. The molecule has 2 aromatic rings. The molecule has 1 heterocycles. The Morgan fingerprint density at radius 3 is 2.70 bits per heavy atom. The van der Waals surface area contributed by atoms with Crippen LogP contribution in [0, 0.1) is 0 Å². The van der Waals surface area contributed by atoms with Gasteiger partial charge in [-0.1, -0.05) is 52.3 Å². The molecule has 0 amide bonds. The Labute approximate surface area is 127 Å². The average molecular weight is 330 g/mol. The fraction of sp³-hybridized carbons (Fsp3) is 0.235. The van der Waals surface area contributed by atoms with E-state index in [4.69, 9.17) is 0 Å². The van der Waals surface area contributed by atoms with Crippen molar-refractivity contribution in [3.05, 3.63) is 64.1 Å². The fourth-order valence-electron chi connectivity index (χ4n) is 2.72. The Morgan fingerprint density at radius 2 is 1.85 bits per heavy atom. The maximum absolute atomic E-state index is 12.5. The largest absolute Gasteiger partial charge is 0.364 e. The molecule has 1 aliphatic rings. The fourth-order valence-corrected chi connectivity index (χ4v) is 3.23. The van der Waals surface area contributed by atoms with Crippen molar-refractivity contribution in [1.82, 2.24) is 0 Å². The van der Waals surface area contributed by atoms with E-state index in [-0.39, 0.29) is 5.78 Å². The van der Waals surface area contributed by atoms with Crippen LogP contribution in [0.15, 0.2) is 53.0 Å². The average Bonchev–Trinajstić information content (AvgIpc) is 2.48. The molecule has 0 aromatic heterocycles. The molecule has 0 N–H and O–H groups in total. The van der Waals surface area contributed by atoms with Gasteiger partial charge < -0.3 is 4.90 Å². The normalized spacial score (nSPS) is 13.9. The monoisotopic (exact) mass is 329 g/mol. The number of aryl methyl sites for hydroxylation is 1. The van der Waals surface area contributed by atoms with Crippen molar-refractivity contribution in [2.45, 2.75) is 12.8 Å². The number of Topliss-reactive ketones (excluding diaryl/α,β-unsaturated/α-hetero) is 1. The van der Waals surface area contributed by atoms with E-state index in [9.17, 15) is 4.79 Å². The number of rotatable bonds is 3. The molecule has 0 fully saturated rings. The first-order valence-corrected chi connectivity index (χ1v) is 7.65. The van der Waals surface area contributed by atoms with Crippen LogP contribution < -0.4 is 4.90 Å². The molecular weight excluding hydrogens is 314 g/mol. The van der Waals surface area contributed by atoms with E-state index in [0.717, 1.165) is 29.4 Å². The molecule has 102 valence electrons. The minimum absolute atomic E-state index is 0.161. The zero-order valence-electron chi connectivity index (χ0n) is 11.2. The highest BCUT2D eigenvalue weighted by Crippen LogP contribution is 2.27. The Bertz CT molecular complexity index is 638. The minimum atomic E-state index is 0.161. The molecule has 0 unspecified atom stereocenters. The molecule has 1 aliphatic heterocycles. The van der Waals surface area contributed by atoms with Crippen LogP contribution in [-0.2, 0) is 6.42 Å². The predicted molar refractivity (Wildman–Crippen MR) is 85.4 cm³/mol. The van der Waals surface area contributed by atoms with Crippen molar-refractivity contribution < 1.29 is 4.79 Å². The highest BCUT2D eigenvalue weighted by molar-refractivity contribution is 9.10. The smallest absolute Gasteiger partial charge is 0.183 e. The Morgan fingerprint density at radius 1 is 1.10 bits per heavy atom. The maximum atomic E-state index is 12.5. The van der Waals surface area contributed by atoms with Gasteiger partial charge >= 0.3 is 0 Å². The molecule has 0 bridgehead atoms. The Hall–Kier alpha value is -1.61. The van der Waals surface area contributed by atoms with Gasteiger partial charge in [0.1, 0.15) is 0 Å². The summed E-state index contributed by atoms with van der Waals surface area (Å²) < 4.78 is 0.871. The van der Waals surface area contributed by atoms with E-state index < -0.39 is 0 Å². The lowest BCUT2D eigenvalue weighted by atomic mass is 10.0. The van der Waals surface area contributed by atoms with Crippen LogP contribution in [0.5, 0.6) is 0 Å². The number of para-hydroxylation sites is 1. The van der Waals surface area contributed by atoms with Gasteiger partial charge in [-0.25, -0.2) is 0 Å². The van der Waals surface area contributed by atoms with Crippen LogP contribution in [0.4, 0.5) is 5.69 Å². The summed E-state index contributed by atoms with van der Waals surface area (Å²) in [6.45, 7) is 1.40. The topological polar surface area (TPSA) is 20.3 Å². The lowest BCUT2D eigenvalue weighted by molar-refractivity contribution is 0.0998. The summed E-state index contributed by atoms with van der Waals surface area (Å²) in [6.07, 6.45) is 2.22. The number of hydrogen-bond donors (Lipinski definition) is 0. The van der Waals surface area contributed by atoms with E-state index >= 15 is 0 Å². The van der Waals surface area contributed by atoms with Crippen molar-refractivity contribution in [1.29, 1.82) is 0 Å². The van der Waals surface area contributed by atoms with Gasteiger partial charge in [0.15, 0.2) is 5.78 Å². The first-order valence-electron chi connectivity index (χ1n) is 6.86. The highest BCUT2D eigenvalue weighted by atomic mass is 79.9. The van der Waals surface area contributed by atoms with Crippen LogP contribution in [0.3, 0.4) is 0 Å². The third-order valence-electron chi connectivity index (χ3n) is 3.72. The van der Waals surface area contributed by atoms with Crippen LogP contribution >= 0.6 is 15.9 Å². The van der Waals surface area contributed by atoms with E-state index in [2.05, 4.69) is 39.0 Å². The van der Waals surface area contributed by atoms with Crippen LogP contribution in [0.1, 0.15) is 22.3 Å². The van der Waals surface area contributed by atoms with Gasteiger partial charge in [0.25, 0.3) is 0 Å². The van der Waals surface area contributed by atoms with Gasteiger partial charge in [0.2, 0.25) is 0 Å². The van der Waals surface area contributed by atoms with Gasteiger partial charge in [0, 0.05) is 22.3 Å². The zero-order valence-corrected chi connectivity index (χ0v) is 12.8. The standard InChI is InChI=1S/C17H16BrNO/c18-15-9-3-2-8-14(15)17(20)12-19-11-5-7-13-6-1-4-10-16(13)19/h1-4,6,8-10H,5,7,11-12H2. The van der Waals surface area contributed by atoms with E-state index in [0.29, 0.717) is 6.54 Å². The first kappa shape index (κ1) is 13.4. The second kappa shape index (κ2) is 5.80. The molecule has 3 heteroatoms. The van der Waals surface area contributed by atoms with Crippen LogP contribution in [0.25, 0.3) is 0 Å². The van der Waals surface area contributed by atoms with E-state index in [1.165, 1.54) is 11.3 Å². The molecule has 3 rings (SSSR count). The summed E-state index contributed by atoms with van der Waals surface area (Å²) in [5, 5.41) is 0. The summed E-state index contributed by atoms with van der Waals surface area (Å²) in [7, 11) is 0. The van der Waals surface area contributed by atoms with Crippen LogP contribution in [-0.4, -0.2) is 18.9 Å². The molecule has 0 saturated carbocycles. The van der Waals surface area contributed by atoms with Crippen molar-refractivity contribution in [3.8, 4) is 0 Å². The van der Waals surface area contributed by atoms with Crippen molar-refractivity contribution in [2.75, 3.05) is 18.0 Å². The summed E-state index contributed by atoms with van der Waals surface area (Å²) >= 11 is 3.45. The summed E-state index contributed by atoms with van der Waals surface area (Å²) in [5.41, 5.74) is 3.31. The number of hydrogen-bond acceptors (Lipinski definition) is 2. The SMILES string of the molecule is O=C(CN1CCCc2ccccc21)c1ccccc1Br. The maximum Gasteiger partial charge on any atom is 0.183 e. The summed E-state index contributed by atoms with van der Waals surface area (Å²) in [6, 6.07) is 16.0. The third kappa shape index (κ3) is 2.63. The quantitative estimate of drug-likeness (QED) is 0.790. The molecule has 0 saturated heterocycles. The van der Waals surface area contributed by atoms with E-state index in [1.807, 2.05) is 30.3 Å². The third-order valence-corrected chi connectivity index (χ3v) is 4.41. The molecular formula is C17H16BrNO. The predicted octanol–water partition coefficient (Wildman–Crippen LogP) is 4.08. The zero-order chi connectivity index (χ0) is 13.9. The Kier molecular flexibility index (Phi) is 3.88. The number of carbonyl (C=O) groups excluding carboxylic acids is 1. The summed E-state index contributed by atoms with van der Waals surface area (Å²) in [4.78, 5) is 14.7. The number of halogens is 1. The number of carbonyl (C=O) groups is 1. The molecule has 0 radical (unpaired) electrons. The second-order valence-corrected chi connectivity index (χ2v) is 5.91. The number of benzene rings is 2. The molecule has 0 atom stereocenters. The lowest BCUT2D eigenvalue weighted by Gasteiger charge is -2.30. The van der Waals surface area contributed by atoms with Gasteiger partial charge in [0.05, 0.1) is 6.54 Å². The molecule has 0 aliphatic carbocycles. The van der Waals surface area contributed by atoms with E-state index in [1.54, 1.807) is 0 Å². The van der Waals surface area contributed by atoms with Gasteiger partial charge in [-0.3, -0.25) is 4.79 Å². The van der Waals surface area contributed by atoms with Crippen molar-refractivity contribution in [2.24, 2.45) is 0 Å². The molecule has 2 nitrogen and oxygen atoms in total. The highest BCUT2D eigenvalue weighted by Gasteiger charge is 2.20. The minimum Gasteiger partial charge on any atom is -0.364 e. The summed E-state index contributed by atoms with van der Waals surface area (Å²) in [5.74, 6) is 0.161. The Balaban J connectivity index is 1.83.